The van der Waals surface area contributed by atoms with Crippen LogP contribution in [-0.2, 0) is 27.9 Å². The molecule has 0 saturated carbocycles. The number of rotatable bonds is 36. The zero-order valence-corrected chi connectivity index (χ0v) is 33.8. The van der Waals surface area contributed by atoms with Crippen molar-refractivity contribution < 1.29 is 37.3 Å². The molecule has 2 unspecified atom stereocenters. The smallest absolute Gasteiger partial charge is 0.457 e. The van der Waals surface area contributed by atoms with E-state index in [0.717, 1.165) is 51.4 Å². The average Bonchev–Trinajstić information content (AvgIpc) is 3.06. The van der Waals surface area contributed by atoms with Gasteiger partial charge in [-0.15, -0.1) is 0 Å². The molecule has 0 aliphatic carbocycles. The van der Waals surface area contributed by atoms with Crippen molar-refractivity contribution in [3.8, 4) is 0 Å². The van der Waals surface area contributed by atoms with Gasteiger partial charge in [-0.05, 0) is 51.4 Å². The lowest BCUT2D eigenvalue weighted by Gasteiger charge is -2.24. The van der Waals surface area contributed by atoms with Gasteiger partial charge < -0.3 is 18.9 Å². The predicted molar refractivity (Wildman–Crippen MR) is 210 cm³/mol. The number of allylic oxidation sites excluding steroid dienone is 8. The van der Waals surface area contributed by atoms with Crippen LogP contribution >= 0.6 is 7.82 Å². The summed E-state index contributed by atoms with van der Waals surface area (Å²) >= 11 is 0. The minimum Gasteiger partial charge on any atom is -0.457 e. The second kappa shape index (κ2) is 34.5. The van der Waals surface area contributed by atoms with Crippen molar-refractivity contribution >= 4 is 13.8 Å². The summed E-state index contributed by atoms with van der Waals surface area (Å²) in [6.45, 7) is 5.44. The van der Waals surface area contributed by atoms with Crippen LogP contribution in [0.1, 0.15) is 149 Å². The molecule has 8 nitrogen and oxygen atoms in total. The van der Waals surface area contributed by atoms with Gasteiger partial charge in [0.15, 0.2) is 0 Å². The van der Waals surface area contributed by atoms with E-state index in [1.165, 1.54) is 70.6 Å². The largest absolute Gasteiger partial charge is 0.472 e. The fourth-order valence-electron chi connectivity index (χ4n) is 5.07. The quantitative estimate of drug-likeness (QED) is 0.0226. The molecule has 0 aliphatic heterocycles. The Bertz CT molecular complexity index is 942. The molecule has 0 saturated heterocycles. The molecule has 0 spiro atoms. The molecule has 0 aliphatic rings. The third-order valence-electron chi connectivity index (χ3n) is 8.15. The molecule has 9 heteroatoms. The van der Waals surface area contributed by atoms with Crippen molar-refractivity contribution in [3.05, 3.63) is 48.6 Å². The molecule has 292 valence electrons. The summed E-state index contributed by atoms with van der Waals surface area (Å²) in [5.74, 6) is -0.355. The summed E-state index contributed by atoms with van der Waals surface area (Å²) in [6, 6.07) is 0. The number of hydrogen-bond donors (Lipinski definition) is 1. The summed E-state index contributed by atoms with van der Waals surface area (Å²) in [7, 11) is 1.64. The normalized spacial score (nSPS) is 14.4. The highest BCUT2D eigenvalue weighted by molar-refractivity contribution is 7.47. The van der Waals surface area contributed by atoms with Gasteiger partial charge in [0.1, 0.15) is 19.3 Å². The SMILES string of the molecule is CC/C=C\C/C=C\C/C=C\C/C=C\CCCCC(=O)OC(COCCCCCCCCCCCCCCC)COP(=O)(O)OCC[N+](C)(C)C. The Kier molecular flexibility index (Phi) is 33.5. The highest BCUT2D eigenvalue weighted by atomic mass is 31.2. The van der Waals surface area contributed by atoms with Crippen LogP contribution in [0, 0.1) is 0 Å². The minimum absolute atomic E-state index is 0.0799. The topological polar surface area (TPSA) is 91.3 Å². The minimum atomic E-state index is -4.28. The van der Waals surface area contributed by atoms with Crippen LogP contribution in [0.15, 0.2) is 48.6 Å². The number of likely N-dealkylation sites (N-methyl/N-ethyl adjacent to an activating group) is 1. The number of hydrogen-bond acceptors (Lipinski definition) is 6. The maximum Gasteiger partial charge on any atom is 0.472 e. The average molecular weight is 727 g/mol. The number of phosphoric acid groups is 1. The number of unbranched alkanes of at least 4 members (excludes halogenated alkanes) is 14. The first-order valence-corrected chi connectivity index (χ1v) is 21.4. The van der Waals surface area contributed by atoms with Crippen molar-refractivity contribution in [3.63, 3.8) is 0 Å². The Morgan fingerprint density at radius 2 is 1.16 bits per heavy atom. The van der Waals surface area contributed by atoms with Gasteiger partial charge in [0.05, 0.1) is 34.4 Å². The van der Waals surface area contributed by atoms with Gasteiger partial charge in [0.2, 0.25) is 0 Å². The molecule has 0 rings (SSSR count). The Labute approximate surface area is 308 Å². The predicted octanol–water partition coefficient (Wildman–Crippen LogP) is 11.2. The lowest BCUT2D eigenvalue weighted by Crippen LogP contribution is -2.37. The number of carbonyl (C=O) groups excluding carboxylic acids is 1. The second-order valence-corrected chi connectivity index (χ2v) is 15.7. The maximum absolute atomic E-state index is 12.6. The molecular weight excluding hydrogens is 649 g/mol. The monoisotopic (exact) mass is 727 g/mol. The molecule has 0 bridgehead atoms. The first-order valence-electron chi connectivity index (χ1n) is 19.9. The second-order valence-electron chi connectivity index (χ2n) is 14.3. The summed E-state index contributed by atoms with van der Waals surface area (Å²) < 4.78 is 34.8. The fourth-order valence-corrected chi connectivity index (χ4v) is 5.81. The van der Waals surface area contributed by atoms with E-state index in [9.17, 15) is 14.3 Å². The molecule has 50 heavy (non-hydrogen) atoms. The highest BCUT2D eigenvalue weighted by Gasteiger charge is 2.26. The molecule has 0 heterocycles. The third-order valence-corrected chi connectivity index (χ3v) is 9.14. The van der Waals surface area contributed by atoms with E-state index >= 15 is 0 Å². The number of esters is 1. The number of ether oxygens (including phenoxy) is 2. The molecule has 0 fully saturated rings. The van der Waals surface area contributed by atoms with E-state index in [2.05, 4.69) is 62.5 Å². The maximum atomic E-state index is 12.6. The zero-order chi connectivity index (χ0) is 37.0. The van der Waals surface area contributed by atoms with Crippen molar-refractivity contribution in [2.75, 3.05) is 54.1 Å². The number of carbonyl (C=O) groups is 1. The fraction of sp³-hybridized carbons (Fsp3) is 0.780. The van der Waals surface area contributed by atoms with Crippen molar-refractivity contribution in [1.82, 2.24) is 0 Å². The summed E-state index contributed by atoms with van der Waals surface area (Å²) in [5, 5.41) is 0. The zero-order valence-electron chi connectivity index (χ0n) is 32.9. The van der Waals surface area contributed by atoms with E-state index in [1.807, 2.05) is 21.1 Å². The van der Waals surface area contributed by atoms with Crippen molar-refractivity contribution in [2.45, 2.75) is 155 Å². The van der Waals surface area contributed by atoms with Crippen LogP contribution in [0.4, 0.5) is 0 Å². The Balaban J connectivity index is 4.37. The Morgan fingerprint density at radius 3 is 1.70 bits per heavy atom. The lowest BCUT2D eigenvalue weighted by atomic mass is 10.0. The molecule has 2 atom stereocenters. The van der Waals surface area contributed by atoms with Gasteiger partial charge in [-0.3, -0.25) is 13.8 Å². The summed E-state index contributed by atoms with van der Waals surface area (Å²) in [6.07, 6.45) is 40.0. The van der Waals surface area contributed by atoms with Gasteiger partial charge >= 0.3 is 13.8 Å². The molecule has 1 N–H and O–H groups in total. The van der Waals surface area contributed by atoms with Gasteiger partial charge in [-0.2, -0.15) is 0 Å². The summed E-state index contributed by atoms with van der Waals surface area (Å²) in [4.78, 5) is 22.8. The molecule has 0 radical (unpaired) electrons. The van der Waals surface area contributed by atoms with Gasteiger partial charge in [-0.25, -0.2) is 4.57 Å². The Hall–Kier alpha value is -1.54. The van der Waals surface area contributed by atoms with Crippen LogP contribution in [0.2, 0.25) is 0 Å². The van der Waals surface area contributed by atoms with Gasteiger partial charge in [0.25, 0.3) is 0 Å². The highest BCUT2D eigenvalue weighted by Crippen LogP contribution is 2.43. The summed E-state index contributed by atoms with van der Waals surface area (Å²) in [5.41, 5.74) is 0. The van der Waals surface area contributed by atoms with Crippen molar-refractivity contribution in [1.29, 1.82) is 0 Å². The van der Waals surface area contributed by atoms with Crippen LogP contribution in [0.3, 0.4) is 0 Å². The van der Waals surface area contributed by atoms with Gasteiger partial charge in [-0.1, -0.05) is 140 Å². The van der Waals surface area contributed by atoms with E-state index < -0.39 is 13.9 Å². The standard InChI is InChI=1S/C41H76NO7P/c1-6-8-10-12-14-16-18-20-21-22-24-26-28-30-32-34-41(43)49-40(39-48-50(44,45)47-37-35-42(3,4)5)38-46-36-33-31-29-27-25-23-19-17-15-13-11-9-7-2/h8,10,14,16,20-21,24,26,40H,6-7,9,11-13,15,17-19,22-23,25,27-39H2,1-5H3/p+1/b10-8-,16-14-,21-20-,26-24-. The number of phosphoric ester groups is 1. The van der Waals surface area contributed by atoms with Gasteiger partial charge in [0, 0.05) is 13.0 Å². The first-order chi connectivity index (χ1) is 24.1. The molecular formula is C41H77NO7P+. The van der Waals surface area contributed by atoms with Crippen LogP contribution in [0.25, 0.3) is 0 Å². The van der Waals surface area contributed by atoms with Crippen LogP contribution in [-0.4, -0.2) is 75.6 Å². The molecule has 0 aromatic rings. The van der Waals surface area contributed by atoms with Crippen LogP contribution < -0.4 is 0 Å². The first kappa shape index (κ1) is 48.5. The van der Waals surface area contributed by atoms with Crippen molar-refractivity contribution in [2.24, 2.45) is 0 Å². The van der Waals surface area contributed by atoms with Crippen LogP contribution in [0.5, 0.6) is 0 Å². The van der Waals surface area contributed by atoms with E-state index in [1.54, 1.807) is 0 Å². The van der Waals surface area contributed by atoms with E-state index in [4.69, 9.17) is 18.5 Å². The Morgan fingerprint density at radius 1 is 0.640 bits per heavy atom. The molecule has 0 aromatic heterocycles. The molecule has 0 aromatic carbocycles. The number of quaternary nitrogens is 1. The number of nitrogens with zero attached hydrogens (tertiary/aromatic N) is 1. The van der Waals surface area contributed by atoms with E-state index in [-0.39, 0.29) is 32.2 Å². The third kappa shape index (κ3) is 37.7. The lowest BCUT2D eigenvalue weighted by molar-refractivity contribution is -0.870. The van der Waals surface area contributed by atoms with E-state index in [0.29, 0.717) is 24.1 Å². The molecule has 0 amide bonds.